The smallest absolute Gasteiger partial charge is 0.276 e. The van der Waals surface area contributed by atoms with Gasteiger partial charge in [0.05, 0.1) is 16.6 Å². The Morgan fingerprint density at radius 1 is 1.12 bits per heavy atom. The maximum Gasteiger partial charge on any atom is 0.276 e. The number of hydrogen-bond acceptors (Lipinski definition) is 7. The molecule has 1 aliphatic heterocycles. The third-order valence-corrected chi connectivity index (χ3v) is 6.07. The summed E-state index contributed by atoms with van der Waals surface area (Å²) in [5.41, 5.74) is 4.85. The third kappa shape index (κ3) is 6.27. The zero-order chi connectivity index (χ0) is 23.0. The Morgan fingerprint density at radius 3 is 2.56 bits per heavy atom. The normalized spacial score (nSPS) is 15.5. The molecule has 0 aliphatic carbocycles. The zero-order valence-electron chi connectivity index (χ0n) is 17.0. The van der Waals surface area contributed by atoms with Crippen molar-refractivity contribution < 1.29 is 27.5 Å². The Labute approximate surface area is 185 Å². The van der Waals surface area contributed by atoms with E-state index in [-0.39, 0.29) is 34.4 Å². The summed E-state index contributed by atoms with van der Waals surface area (Å²) in [5, 5.41) is 9.00. The Morgan fingerprint density at radius 2 is 1.88 bits per heavy atom. The molecular weight excluding hydrogens is 436 g/mol. The van der Waals surface area contributed by atoms with E-state index in [1.54, 1.807) is 24.3 Å². The van der Waals surface area contributed by atoms with E-state index in [0.29, 0.717) is 6.61 Å². The molecule has 3 rings (SSSR count). The minimum atomic E-state index is -3.73. The first-order valence-electron chi connectivity index (χ1n) is 9.81. The van der Waals surface area contributed by atoms with Crippen molar-refractivity contribution >= 4 is 21.8 Å². The van der Waals surface area contributed by atoms with Crippen molar-refractivity contribution in [1.82, 2.24) is 15.6 Å². The highest BCUT2D eigenvalue weighted by Crippen LogP contribution is 2.16. The van der Waals surface area contributed by atoms with Crippen LogP contribution < -0.4 is 20.3 Å². The molecule has 1 unspecified atom stereocenters. The van der Waals surface area contributed by atoms with Gasteiger partial charge >= 0.3 is 0 Å². The summed E-state index contributed by atoms with van der Waals surface area (Å²) in [6.45, 7) is 0.413. The van der Waals surface area contributed by atoms with Gasteiger partial charge in [-0.1, -0.05) is 12.1 Å². The highest BCUT2D eigenvalue weighted by Gasteiger charge is 2.20. The fraction of sp³-hybridized carbons (Fsp3) is 0.286. The van der Waals surface area contributed by atoms with Crippen molar-refractivity contribution in [1.29, 1.82) is 5.26 Å². The molecule has 0 saturated carbocycles. The molecule has 10 nitrogen and oxygen atoms in total. The number of sulfonamides is 1. The molecule has 0 radical (unpaired) electrons. The summed E-state index contributed by atoms with van der Waals surface area (Å²) in [5.74, 6) is -1.02. The lowest BCUT2D eigenvalue weighted by atomic mass is 10.2. The summed E-state index contributed by atoms with van der Waals surface area (Å²) < 4.78 is 37.9. The number of para-hydroxylation sites is 1. The summed E-state index contributed by atoms with van der Waals surface area (Å²) in [4.78, 5) is 24.1. The van der Waals surface area contributed by atoms with E-state index >= 15 is 0 Å². The molecule has 1 atom stereocenters. The van der Waals surface area contributed by atoms with Crippen molar-refractivity contribution in [3.63, 3.8) is 0 Å². The quantitative estimate of drug-likeness (QED) is 0.497. The molecule has 32 heavy (non-hydrogen) atoms. The van der Waals surface area contributed by atoms with Gasteiger partial charge in [0, 0.05) is 18.7 Å². The minimum Gasteiger partial charge on any atom is -0.482 e. The van der Waals surface area contributed by atoms with Crippen molar-refractivity contribution in [3.8, 4) is 11.8 Å². The van der Waals surface area contributed by atoms with Gasteiger partial charge in [-0.25, -0.2) is 13.1 Å². The van der Waals surface area contributed by atoms with E-state index in [2.05, 4.69) is 15.6 Å². The van der Waals surface area contributed by atoms with Crippen LogP contribution in [0.15, 0.2) is 53.4 Å². The highest BCUT2D eigenvalue weighted by atomic mass is 32.2. The van der Waals surface area contributed by atoms with Gasteiger partial charge < -0.3 is 9.47 Å². The molecule has 2 aromatic rings. The average Bonchev–Trinajstić information content (AvgIpc) is 3.34. The molecule has 0 aromatic heterocycles. The molecule has 1 saturated heterocycles. The summed E-state index contributed by atoms with van der Waals surface area (Å²) in [7, 11) is -3.73. The Balaban J connectivity index is 1.47. The molecule has 2 amide bonds. The maximum absolute atomic E-state index is 12.4. The van der Waals surface area contributed by atoms with E-state index in [1.807, 2.05) is 6.07 Å². The second-order valence-corrected chi connectivity index (χ2v) is 8.68. The fourth-order valence-electron chi connectivity index (χ4n) is 2.94. The number of hydrogen-bond donors (Lipinski definition) is 3. The van der Waals surface area contributed by atoms with Crippen molar-refractivity contribution in [3.05, 3.63) is 59.7 Å². The van der Waals surface area contributed by atoms with E-state index in [1.165, 1.54) is 24.3 Å². The van der Waals surface area contributed by atoms with Gasteiger partial charge in [0.15, 0.2) is 6.61 Å². The molecule has 3 N–H and O–H groups in total. The van der Waals surface area contributed by atoms with Gasteiger partial charge in [-0.2, -0.15) is 5.26 Å². The van der Waals surface area contributed by atoms with Crippen LogP contribution in [0.1, 0.15) is 28.8 Å². The lowest BCUT2D eigenvalue weighted by Crippen LogP contribution is -2.43. The number of carbonyl (C=O) groups is 2. The van der Waals surface area contributed by atoms with Crippen LogP contribution in [-0.4, -0.2) is 46.1 Å². The second-order valence-electron chi connectivity index (χ2n) is 6.91. The number of nitrogens with zero attached hydrogens (tertiary/aromatic N) is 1. The monoisotopic (exact) mass is 458 g/mol. The molecule has 0 bridgehead atoms. The van der Waals surface area contributed by atoms with Crippen LogP contribution >= 0.6 is 0 Å². The van der Waals surface area contributed by atoms with Gasteiger partial charge in [0.2, 0.25) is 10.0 Å². The Kier molecular flexibility index (Phi) is 7.77. The lowest BCUT2D eigenvalue weighted by molar-refractivity contribution is -0.123. The topological polar surface area (TPSA) is 147 Å². The first-order chi connectivity index (χ1) is 15.4. The molecule has 168 valence electrons. The van der Waals surface area contributed by atoms with Crippen molar-refractivity contribution in [2.24, 2.45) is 0 Å². The van der Waals surface area contributed by atoms with E-state index in [0.717, 1.165) is 12.8 Å². The number of amides is 2. The largest absolute Gasteiger partial charge is 0.482 e. The third-order valence-electron chi connectivity index (χ3n) is 4.63. The fourth-order valence-corrected chi connectivity index (χ4v) is 4.01. The molecule has 1 aliphatic rings. The van der Waals surface area contributed by atoms with Crippen molar-refractivity contribution in [2.75, 3.05) is 19.8 Å². The summed E-state index contributed by atoms with van der Waals surface area (Å²) in [6, 6.07) is 13.7. The molecule has 2 aromatic carbocycles. The number of nitrogens with one attached hydrogen (secondary N) is 3. The first-order valence-corrected chi connectivity index (χ1v) is 11.3. The van der Waals surface area contributed by atoms with Gasteiger partial charge in [0.25, 0.3) is 11.8 Å². The predicted octanol–water partition coefficient (Wildman–Crippen LogP) is 0.856. The van der Waals surface area contributed by atoms with Crippen LogP contribution in [0.4, 0.5) is 0 Å². The summed E-state index contributed by atoms with van der Waals surface area (Å²) >= 11 is 0. The van der Waals surface area contributed by atoms with Crippen molar-refractivity contribution in [2.45, 2.75) is 23.8 Å². The summed E-state index contributed by atoms with van der Waals surface area (Å²) in [6.07, 6.45) is 1.59. The van der Waals surface area contributed by atoms with Crippen LogP contribution in [0.5, 0.6) is 5.75 Å². The second kappa shape index (κ2) is 10.7. The molecule has 0 spiro atoms. The van der Waals surface area contributed by atoms with Gasteiger partial charge in [-0.3, -0.25) is 20.4 Å². The van der Waals surface area contributed by atoms with Crippen LogP contribution in [0.25, 0.3) is 0 Å². The first kappa shape index (κ1) is 23.2. The number of nitriles is 1. The van der Waals surface area contributed by atoms with Gasteiger partial charge in [0.1, 0.15) is 11.8 Å². The predicted molar refractivity (Wildman–Crippen MR) is 113 cm³/mol. The Bertz CT molecular complexity index is 1110. The Hall–Kier alpha value is -3.46. The molecule has 1 fully saturated rings. The minimum absolute atomic E-state index is 0.0145. The number of hydrazine groups is 1. The van der Waals surface area contributed by atoms with Crippen LogP contribution in [0.3, 0.4) is 0 Å². The van der Waals surface area contributed by atoms with Crippen LogP contribution in [-0.2, 0) is 19.6 Å². The standard InChI is InChI=1S/C21H22N4O6S/c22-12-16-4-1-2-6-19(16)31-14-20(26)24-25-21(27)15-7-9-18(10-8-15)32(28,29)23-13-17-5-3-11-30-17/h1-2,4,6-10,17,23H,3,5,11,13-14H2,(H,24,26)(H,25,27). The number of rotatable bonds is 8. The zero-order valence-corrected chi connectivity index (χ0v) is 17.9. The molecular formula is C21H22N4O6S. The van der Waals surface area contributed by atoms with E-state index < -0.39 is 28.4 Å². The van der Waals surface area contributed by atoms with E-state index in [4.69, 9.17) is 14.7 Å². The van der Waals surface area contributed by atoms with E-state index in [9.17, 15) is 18.0 Å². The lowest BCUT2D eigenvalue weighted by Gasteiger charge is -2.12. The van der Waals surface area contributed by atoms with Gasteiger partial charge in [-0.15, -0.1) is 0 Å². The maximum atomic E-state index is 12.4. The molecule has 11 heteroatoms. The molecule has 1 heterocycles. The number of ether oxygens (including phenoxy) is 2. The number of benzene rings is 2. The van der Waals surface area contributed by atoms with Gasteiger partial charge in [-0.05, 0) is 49.2 Å². The van der Waals surface area contributed by atoms with Crippen LogP contribution in [0.2, 0.25) is 0 Å². The SMILES string of the molecule is N#Cc1ccccc1OCC(=O)NNC(=O)c1ccc(S(=O)(=O)NCC2CCCO2)cc1. The average molecular weight is 458 g/mol. The number of carbonyl (C=O) groups excluding carboxylic acids is 2. The highest BCUT2D eigenvalue weighted by molar-refractivity contribution is 7.89. The van der Waals surface area contributed by atoms with Crippen LogP contribution in [0, 0.1) is 11.3 Å².